The van der Waals surface area contributed by atoms with Gasteiger partial charge in [0.2, 0.25) is 0 Å². The molecule has 0 atom stereocenters. The third-order valence-electron chi connectivity index (χ3n) is 1.91. The molecule has 0 saturated carbocycles. The lowest BCUT2D eigenvalue weighted by Crippen LogP contribution is -2.11. The van der Waals surface area contributed by atoms with Gasteiger partial charge in [0.25, 0.3) is 5.56 Å². The summed E-state index contributed by atoms with van der Waals surface area (Å²) in [5.74, 6) is 0.0497. The van der Waals surface area contributed by atoms with Crippen molar-refractivity contribution < 1.29 is 5.11 Å². The number of rotatable bonds is 0. The summed E-state index contributed by atoms with van der Waals surface area (Å²) in [6.07, 6.45) is 0. The normalized spacial score (nSPS) is 10.7. The number of benzene rings is 1. The quantitative estimate of drug-likeness (QED) is 0.752. The van der Waals surface area contributed by atoms with Crippen LogP contribution in [0.4, 0.5) is 0 Å². The fourth-order valence-corrected chi connectivity index (χ4v) is 1.67. The average molecular weight is 255 g/mol. The maximum atomic E-state index is 11.2. The highest BCUT2D eigenvalue weighted by atomic mass is 79.9. The van der Waals surface area contributed by atoms with E-state index in [4.69, 9.17) is 0 Å². The summed E-state index contributed by atoms with van der Waals surface area (Å²) in [7, 11) is 0. The zero-order chi connectivity index (χ0) is 10.3. The number of nitrogens with zero attached hydrogens (tertiary/aromatic N) is 1. The third-order valence-corrected chi connectivity index (χ3v) is 2.37. The van der Waals surface area contributed by atoms with Crippen molar-refractivity contribution >= 4 is 27.0 Å². The van der Waals surface area contributed by atoms with E-state index in [9.17, 15) is 9.90 Å². The molecule has 1 heterocycles. The van der Waals surface area contributed by atoms with Gasteiger partial charge in [0.1, 0.15) is 17.0 Å². The summed E-state index contributed by atoms with van der Waals surface area (Å²) in [4.78, 5) is 17.9. The first-order chi connectivity index (χ1) is 6.58. The van der Waals surface area contributed by atoms with Gasteiger partial charge in [0.05, 0.1) is 5.52 Å². The van der Waals surface area contributed by atoms with Crippen LogP contribution in [-0.4, -0.2) is 15.1 Å². The predicted molar refractivity (Wildman–Crippen MR) is 56.5 cm³/mol. The van der Waals surface area contributed by atoms with Gasteiger partial charge >= 0.3 is 0 Å². The van der Waals surface area contributed by atoms with E-state index >= 15 is 0 Å². The van der Waals surface area contributed by atoms with E-state index in [1.54, 1.807) is 13.0 Å². The topological polar surface area (TPSA) is 66.0 Å². The van der Waals surface area contributed by atoms with E-state index in [0.29, 0.717) is 21.2 Å². The second-order valence-corrected chi connectivity index (χ2v) is 3.89. The molecular formula is C9H7BrN2O2. The lowest BCUT2D eigenvalue weighted by molar-refractivity contribution is 0.479. The first-order valence-electron chi connectivity index (χ1n) is 3.97. The van der Waals surface area contributed by atoms with Crippen LogP contribution in [0.5, 0.6) is 5.75 Å². The van der Waals surface area contributed by atoms with Crippen LogP contribution in [0.25, 0.3) is 11.0 Å². The molecule has 1 aromatic heterocycles. The minimum Gasteiger partial charge on any atom is -0.506 e. The molecule has 0 radical (unpaired) electrons. The second-order valence-electron chi connectivity index (χ2n) is 2.97. The number of aryl methyl sites for hydroxylation is 1. The van der Waals surface area contributed by atoms with Crippen LogP contribution in [-0.2, 0) is 0 Å². The molecule has 0 aliphatic rings. The molecule has 0 saturated heterocycles. The molecule has 2 aromatic rings. The largest absolute Gasteiger partial charge is 0.506 e. The summed E-state index contributed by atoms with van der Waals surface area (Å²) in [5, 5.41) is 9.55. The number of phenolic OH excluding ortho intramolecular Hbond substituents is 1. The first-order valence-corrected chi connectivity index (χ1v) is 4.76. The van der Waals surface area contributed by atoms with Crippen LogP contribution in [0.3, 0.4) is 0 Å². The molecule has 2 N–H and O–H groups in total. The van der Waals surface area contributed by atoms with Crippen LogP contribution in [0.15, 0.2) is 21.4 Å². The summed E-state index contributed by atoms with van der Waals surface area (Å²) in [6.45, 7) is 1.60. The minimum absolute atomic E-state index is 0.0497. The standard InChI is InChI=1S/C9H7BrN2O2/c1-4-9(14)12-6-2-5(10)3-7(13)8(6)11-4/h2-3,13H,1H3,(H,12,14). The fraction of sp³-hybridized carbons (Fsp3) is 0.111. The lowest BCUT2D eigenvalue weighted by Gasteiger charge is -2.01. The molecule has 72 valence electrons. The SMILES string of the molecule is Cc1nc2c(O)cc(Br)cc2[nH]c1=O. The van der Waals surface area contributed by atoms with Gasteiger partial charge in [-0.25, -0.2) is 4.98 Å². The highest BCUT2D eigenvalue weighted by Gasteiger charge is 2.05. The van der Waals surface area contributed by atoms with E-state index in [-0.39, 0.29) is 11.3 Å². The molecule has 4 nitrogen and oxygen atoms in total. The van der Waals surface area contributed by atoms with Gasteiger partial charge in [-0.3, -0.25) is 4.79 Å². The van der Waals surface area contributed by atoms with Crippen molar-refractivity contribution in [1.29, 1.82) is 0 Å². The van der Waals surface area contributed by atoms with Crippen molar-refractivity contribution in [3.05, 3.63) is 32.7 Å². The van der Waals surface area contributed by atoms with Crippen molar-refractivity contribution in [3.8, 4) is 5.75 Å². The zero-order valence-electron chi connectivity index (χ0n) is 7.34. The van der Waals surface area contributed by atoms with E-state index < -0.39 is 0 Å². The van der Waals surface area contributed by atoms with Gasteiger partial charge < -0.3 is 10.1 Å². The van der Waals surface area contributed by atoms with Crippen molar-refractivity contribution in [3.63, 3.8) is 0 Å². The average Bonchev–Trinajstić information content (AvgIpc) is 2.08. The first kappa shape index (κ1) is 9.21. The number of aromatic nitrogens is 2. The Morgan fingerprint density at radius 3 is 2.93 bits per heavy atom. The molecule has 0 bridgehead atoms. The van der Waals surface area contributed by atoms with Gasteiger partial charge in [0, 0.05) is 4.47 Å². The Morgan fingerprint density at radius 2 is 2.21 bits per heavy atom. The Kier molecular flexibility index (Phi) is 2.03. The number of fused-ring (bicyclic) bond motifs is 1. The van der Waals surface area contributed by atoms with Gasteiger partial charge in [-0.05, 0) is 19.1 Å². The Labute approximate surface area is 87.7 Å². The molecule has 0 spiro atoms. The Morgan fingerprint density at radius 1 is 1.50 bits per heavy atom. The van der Waals surface area contributed by atoms with Crippen molar-refractivity contribution in [2.45, 2.75) is 6.92 Å². The molecule has 0 fully saturated rings. The van der Waals surface area contributed by atoms with Crippen LogP contribution in [0.2, 0.25) is 0 Å². The summed E-state index contributed by atoms with van der Waals surface area (Å²) >= 11 is 3.22. The molecule has 0 amide bonds. The van der Waals surface area contributed by atoms with E-state index in [2.05, 4.69) is 25.9 Å². The van der Waals surface area contributed by atoms with Gasteiger partial charge in [-0.2, -0.15) is 0 Å². The number of aromatic hydroxyl groups is 1. The maximum absolute atomic E-state index is 11.2. The number of phenols is 1. The molecule has 2 rings (SSSR count). The number of aromatic amines is 1. The fourth-order valence-electron chi connectivity index (χ4n) is 1.23. The zero-order valence-corrected chi connectivity index (χ0v) is 8.92. The summed E-state index contributed by atoms with van der Waals surface area (Å²) in [5.41, 5.74) is 1.03. The van der Waals surface area contributed by atoms with Gasteiger partial charge in [0.15, 0.2) is 0 Å². The monoisotopic (exact) mass is 254 g/mol. The van der Waals surface area contributed by atoms with Crippen LogP contribution in [0, 0.1) is 6.92 Å². The molecule has 5 heteroatoms. The van der Waals surface area contributed by atoms with Crippen LogP contribution < -0.4 is 5.56 Å². The molecule has 0 aliphatic heterocycles. The molecule has 1 aromatic carbocycles. The lowest BCUT2D eigenvalue weighted by atomic mass is 10.2. The van der Waals surface area contributed by atoms with Gasteiger partial charge in [-0.15, -0.1) is 0 Å². The number of hydrogen-bond acceptors (Lipinski definition) is 3. The number of halogens is 1. The molecular weight excluding hydrogens is 248 g/mol. The van der Waals surface area contributed by atoms with Crippen molar-refractivity contribution in [1.82, 2.24) is 9.97 Å². The van der Waals surface area contributed by atoms with Crippen LogP contribution in [0.1, 0.15) is 5.69 Å². The Bertz CT molecular complexity index is 562. The van der Waals surface area contributed by atoms with E-state index in [0.717, 1.165) is 0 Å². The highest BCUT2D eigenvalue weighted by molar-refractivity contribution is 9.10. The third kappa shape index (κ3) is 1.39. The van der Waals surface area contributed by atoms with E-state index in [1.807, 2.05) is 0 Å². The molecule has 0 aliphatic carbocycles. The van der Waals surface area contributed by atoms with Crippen LogP contribution >= 0.6 is 15.9 Å². The summed E-state index contributed by atoms with van der Waals surface area (Å²) < 4.78 is 0.698. The van der Waals surface area contributed by atoms with Crippen molar-refractivity contribution in [2.24, 2.45) is 0 Å². The van der Waals surface area contributed by atoms with E-state index in [1.165, 1.54) is 6.07 Å². The Balaban J connectivity index is 2.96. The number of H-pyrrole nitrogens is 1. The predicted octanol–water partition coefficient (Wildman–Crippen LogP) is 1.70. The highest BCUT2D eigenvalue weighted by Crippen LogP contribution is 2.25. The number of hydrogen-bond donors (Lipinski definition) is 2. The van der Waals surface area contributed by atoms with Crippen molar-refractivity contribution in [2.75, 3.05) is 0 Å². The number of nitrogens with one attached hydrogen (secondary N) is 1. The maximum Gasteiger partial charge on any atom is 0.269 e. The smallest absolute Gasteiger partial charge is 0.269 e. The summed E-state index contributed by atoms with van der Waals surface area (Å²) in [6, 6.07) is 3.23. The Hall–Kier alpha value is -1.36. The minimum atomic E-state index is -0.241. The second kappa shape index (κ2) is 3.09. The molecule has 14 heavy (non-hydrogen) atoms. The van der Waals surface area contributed by atoms with Gasteiger partial charge in [-0.1, -0.05) is 15.9 Å². The molecule has 0 unspecified atom stereocenters.